The molecule has 0 bridgehead atoms. The molecule has 1 saturated carbocycles. The van der Waals surface area contributed by atoms with Crippen molar-refractivity contribution in [1.82, 2.24) is 5.32 Å². The first-order valence-corrected chi connectivity index (χ1v) is 7.00. The van der Waals surface area contributed by atoms with E-state index in [0.717, 1.165) is 17.3 Å². The van der Waals surface area contributed by atoms with E-state index in [2.05, 4.69) is 40.3 Å². The summed E-state index contributed by atoms with van der Waals surface area (Å²) >= 11 is 3.46. The van der Waals surface area contributed by atoms with Gasteiger partial charge < -0.3 is 4.74 Å². The first-order valence-electron chi connectivity index (χ1n) is 6.21. The van der Waals surface area contributed by atoms with Crippen LogP contribution in [0.2, 0.25) is 0 Å². The Bertz CT molecular complexity index is 432. The fraction of sp³-hybridized carbons (Fsp3) is 0.500. The molecule has 2 unspecified atom stereocenters. The summed E-state index contributed by atoms with van der Waals surface area (Å²) in [5.41, 5.74) is 1.17. The molecule has 1 aromatic rings. The summed E-state index contributed by atoms with van der Waals surface area (Å²) in [6.45, 7) is 2.07. The Hall–Kier alpha value is -0.870. The lowest BCUT2D eigenvalue weighted by atomic mass is 10.1. The highest BCUT2D eigenvalue weighted by atomic mass is 79.9. The highest BCUT2D eigenvalue weighted by molar-refractivity contribution is 9.10. The molecule has 0 spiro atoms. The quantitative estimate of drug-likeness (QED) is 0.849. The third-order valence-corrected chi connectivity index (χ3v) is 3.82. The summed E-state index contributed by atoms with van der Waals surface area (Å²) in [6, 6.07) is 8.08. The Kier molecular flexibility index (Phi) is 4.40. The molecular weight excluding hydrogens is 294 g/mol. The van der Waals surface area contributed by atoms with Gasteiger partial charge in [0.15, 0.2) is 0 Å². The number of hydrogen-bond acceptors (Lipinski definition) is 3. The van der Waals surface area contributed by atoms with Gasteiger partial charge in [-0.1, -0.05) is 28.1 Å². The molecule has 0 radical (unpaired) electrons. The van der Waals surface area contributed by atoms with Crippen LogP contribution in [0.1, 0.15) is 31.4 Å². The Morgan fingerprint density at radius 1 is 1.50 bits per heavy atom. The van der Waals surface area contributed by atoms with Gasteiger partial charge in [-0.05, 0) is 43.4 Å². The van der Waals surface area contributed by atoms with Gasteiger partial charge in [0, 0.05) is 10.5 Å². The molecule has 1 aromatic carbocycles. The lowest BCUT2D eigenvalue weighted by molar-refractivity contribution is -0.144. The smallest absolute Gasteiger partial charge is 0.323 e. The predicted octanol–water partition coefficient (Wildman–Crippen LogP) is 3.05. The number of halogens is 1. The minimum absolute atomic E-state index is 0.132. The van der Waals surface area contributed by atoms with Crippen LogP contribution in [0.25, 0.3) is 0 Å². The molecule has 1 aliphatic carbocycles. The summed E-state index contributed by atoms with van der Waals surface area (Å²) in [4.78, 5) is 11.7. The normalized spacial score (nSPS) is 18.2. The Morgan fingerprint density at radius 2 is 2.22 bits per heavy atom. The molecule has 3 nitrogen and oxygen atoms in total. The number of hydrogen-bond donors (Lipinski definition) is 1. The van der Waals surface area contributed by atoms with E-state index in [0.29, 0.717) is 5.92 Å². The van der Waals surface area contributed by atoms with E-state index >= 15 is 0 Å². The number of methoxy groups -OCH3 is 1. The van der Waals surface area contributed by atoms with Gasteiger partial charge in [-0.25, -0.2) is 0 Å². The predicted molar refractivity (Wildman–Crippen MR) is 74.2 cm³/mol. The van der Waals surface area contributed by atoms with E-state index in [-0.39, 0.29) is 18.1 Å². The van der Waals surface area contributed by atoms with Gasteiger partial charge in [-0.3, -0.25) is 10.1 Å². The largest absolute Gasteiger partial charge is 0.468 e. The SMILES string of the molecule is COC(=O)C(NC(C)c1cccc(Br)c1)C1CC1. The maximum atomic E-state index is 11.7. The molecule has 0 aliphatic heterocycles. The maximum absolute atomic E-state index is 11.7. The molecule has 0 saturated heterocycles. The number of carbonyl (C=O) groups excluding carboxylic acids is 1. The zero-order valence-corrected chi connectivity index (χ0v) is 12.2. The van der Waals surface area contributed by atoms with Crippen molar-refractivity contribution in [3.63, 3.8) is 0 Å². The topological polar surface area (TPSA) is 38.3 Å². The van der Waals surface area contributed by atoms with Gasteiger partial charge in [0.1, 0.15) is 6.04 Å². The highest BCUT2D eigenvalue weighted by Gasteiger charge is 2.37. The molecule has 0 amide bonds. The number of rotatable bonds is 5. The van der Waals surface area contributed by atoms with Crippen LogP contribution in [0.5, 0.6) is 0 Å². The van der Waals surface area contributed by atoms with E-state index < -0.39 is 0 Å². The van der Waals surface area contributed by atoms with Gasteiger partial charge >= 0.3 is 5.97 Å². The fourth-order valence-corrected chi connectivity index (χ4v) is 2.51. The van der Waals surface area contributed by atoms with Crippen LogP contribution in [0.15, 0.2) is 28.7 Å². The van der Waals surface area contributed by atoms with Crippen molar-refractivity contribution in [2.24, 2.45) is 5.92 Å². The van der Waals surface area contributed by atoms with Gasteiger partial charge in [-0.15, -0.1) is 0 Å². The monoisotopic (exact) mass is 311 g/mol. The van der Waals surface area contributed by atoms with Crippen molar-refractivity contribution >= 4 is 21.9 Å². The van der Waals surface area contributed by atoms with Crippen molar-refractivity contribution in [2.75, 3.05) is 7.11 Å². The summed E-state index contributed by atoms with van der Waals surface area (Å²) in [6.07, 6.45) is 2.22. The molecule has 0 aromatic heterocycles. The van der Waals surface area contributed by atoms with Crippen molar-refractivity contribution in [3.05, 3.63) is 34.3 Å². The van der Waals surface area contributed by atoms with Crippen LogP contribution in [0.3, 0.4) is 0 Å². The second-order valence-corrected chi connectivity index (χ2v) is 5.70. The van der Waals surface area contributed by atoms with Crippen molar-refractivity contribution in [3.8, 4) is 0 Å². The van der Waals surface area contributed by atoms with E-state index in [1.54, 1.807) is 0 Å². The molecule has 1 N–H and O–H groups in total. The molecule has 2 atom stereocenters. The molecule has 0 heterocycles. The van der Waals surface area contributed by atoms with E-state index in [1.165, 1.54) is 12.7 Å². The molecule has 2 rings (SSSR count). The van der Waals surface area contributed by atoms with E-state index in [9.17, 15) is 4.79 Å². The molecule has 4 heteroatoms. The zero-order valence-electron chi connectivity index (χ0n) is 10.7. The minimum atomic E-state index is -0.177. The molecular formula is C14H18BrNO2. The number of nitrogens with one attached hydrogen (secondary N) is 1. The second kappa shape index (κ2) is 5.85. The van der Waals surface area contributed by atoms with Crippen LogP contribution in [-0.4, -0.2) is 19.1 Å². The van der Waals surface area contributed by atoms with Crippen molar-refractivity contribution < 1.29 is 9.53 Å². The fourth-order valence-electron chi connectivity index (χ4n) is 2.09. The van der Waals surface area contributed by atoms with Crippen LogP contribution in [-0.2, 0) is 9.53 Å². The number of esters is 1. The molecule has 98 valence electrons. The van der Waals surface area contributed by atoms with E-state index in [1.807, 2.05) is 12.1 Å². The summed E-state index contributed by atoms with van der Waals surface area (Å²) in [5, 5.41) is 3.38. The molecule has 18 heavy (non-hydrogen) atoms. The lowest BCUT2D eigenvalue weighted by Crippen LogP contribution is -2.40. The van der Waals surface area contributed by atoms with E-state index in [4.69, 9.17) is 4.74 Å². The minimum Gasteiger partial charge on any atom is -0.468 e. The summed E-state index contributed by atoms with van der Waals surface area (Å²) in [7, 11) is 1.45. The van der Waals surface area contributed by atoms with Gasteiger partial charge in [0.25, 0.3) is 0 Å². The Morgan fingerprint density at radius 3 is 2.78 bits per heavy atom. The molecule has 1 aliphatic rings. The van der Waals surface area contributed by atoms with Crippen LogP contribution in [0, 0.1) is 5.92 Å². The summed E-state index contributed by atoms with van der Waals surface area (Å²) in [5.74, 6) is 0.284. The number of benzene rings is 1. The maximum Gasteiger partial charge on any atom is 0.323 e. The first kappa shape index (κ1) is 13.6. The standard InChI is InChI=1S/C14H18BrNO2/c1-9(11-4-3-5-12(15)8-11)16-13(10-6-7-10)14(17)18-2/h3-5,8-10,13,16H,6-7H2,1-2H3. The van der Waals surface area contributed by atoms with Crippen molar-refractivity contribution in [1.29, 1.82) is 0 Å². The zero-order chi connectivity index (χ0) is 13.1. The van der Waals surface area contributed by atoms with Gasteiger partial charge in [0.05, 0.1) is 7.11 Å². The van der Waals surface area contributed by atoms with Gasteiger partial charge in [-0.2, -0.15) is 0 Å². The van der Waals surface area contributed by atoms with Crippen LogP contribution in [0.4, 0.5) is 0 Å². The number of ether oxygens (including phenoxy) is 1. The van der Waals surface area contributed by atoms with Gasteiger partial charge in [0.2, 0.25) is 0 Å². The van der Waals surface area contributed by atoms with Crippen LogP contribution >= 0.6 is 15.9 Å². The third-order valence-electron chi connectivity index (χ3n) is 3.33. The number of carbonyl (C=O) groups is 1. The summed E-state index contributed by atoms with van der Waals surface area (Å²) < 4.78 is 5.91. The Labute approximate surface area is 116 Å². The first-order chi connectivity index (χ1) is 8.61. The molecule has 1 fully saturated rings. The lowest BCUT2D eigenvalue weighted by Gasteiger charge is -2.21. The third kappa shape index (κ3) is 3.33. The Balaban J connectivity index is 2.04. The average Bonchev–Trinajstić information content (AvgIpc) is 3.19. The highest BCUT2D eigenvalue weighted by Crippen LogP contribution is 2.34. The van der Waals surface area contributed by atoms with Crippen molar-refractivity contribution in [2.45, 2.75) is 31.8 Å². The second-order valence-electron chi connectivity index (χ2n) is 4.78. The van der Waals surface area contributed by atoms with Crippen LogP contribution < -0.4 is 5.32 Å². The average molecular weight is 312 g/mol.